The Morgan fingerprint density at radius 3 is 2.79 bits per heavy atom. The van der Waals surface area contributed by atoms with E-state index in [4.69, 9.17) is 0 Å². The maximum absolute atomic E-state index is 4.65. The number of thiophene rings is 1. The predicted octanol–water partition coefficient (Wildman–Crippen LogP) is 3.02. The van der Waals surface area contributed by atoms with E-state index in [1.807, 2.05) is 0 Å². The summed E-state index contributed by atoms with van der Waals surface area (Å²) in [5, 5.41) is 2.11. The SMILES string of the molecule is c1csc(-c2nc3ccccc3[se]2)c1. The Labute approximate surface area is 91.8 Å². The van der Waals surface area contributed by atoms with Crippen LogP contribution in [-0.2, 0) is 0 Å². The topological polar surface area (TPSA) is 12.9 Å². The zero-order chi connectivity index (χ0) is 9.38. The predicted molar refractivity (Wildman–Crippen MR) is 62.0 cm³/mol. The van der Waals surface area contributed by atoms with Crippen molar-refractivity contribution in [2.24, 2.45) is 0 Å². The van der Waals surface area contributed by atoms with E-state index in [9.17, 15) is 0 Å². The van der Waals surface area contributed by atoms with Crippen LogP contribution >= 0.6 is 11.3 Å². The number of aromatic nitrogens is 1. The van der Waals surface area contributed by atoms with E-state index in [-0.39, 0.29) is 0 Å². The van der Waals surface area contributed by atoms with Crippen molar-refractivity contribution in [3.8, 4) is 9.44 Å². The molecule has 0 aliphatic rings. The van der Waals surface area contributed by atoms with Gasteiger partial charge in [0, 0.05) is 0 Å². The molecular weight excluding hydrogens is 257 g/mol. The summed E-state index contributed by atoms with van der Waals surface area (Å²) in [5.74, 6) is 0. The molecule has 1 aromatic carbocycles. The van der Waals surface area contributed by atoms with Crippen LogP contribution < -0.4 is 0 Å². The average Bonchev–Trinajstić information content (AvgIpc) is 2.86. The van der Waals surface area contributed by atoms with Crippen LogP contribution in [0.3, 0.4) is 0 Å². The van der Waals surface area contributed by atoms with Crippen molar-refractivity contribution in [1.82, 2.24) is 4.98 Å². The molecule has 14 heavy (non-hydrogen) atoms. The molecule has 0 saturated carbocycles. The third-order valence-electron chi connectivity index (χ3n) is 2.03. The van der Waals surface area contributed by atoms with Crippen LogP contribution in [-0.4, -0.2) is 19.5 Å². The zero-order valence-electron chi connectivity index (χ0n) is 7.31. The van der Waals surface area contributed by atoms with E-state index in [1.165, 1.54) is 13.7 Å². The fourth-order valence-corrected chi connectivity index (χ4v) is 4.36. The Kier molecular flexibility index (Phi) is 2.02. The van der Waals surface area contributed by atoms with E-state index in [0.717, 1.165) is 5.52 Å². The zero-order valence-corrected chi connectivity index (χ0v) is 9.83. The van der Waals surface area contributed by atoms with Gasteiger partial charge in [-0.25, -0.2) is 0 Å². The molecule has 0 atom stereocenters. The van der Waals surface area contributed by atoms with Crippen LogP contribution in [0.25, 0.3) is 19.2 Å². The van der Waals surface area contributed by atoms with Gasteiger partial charge in [0.15, 0.2) is 0 Å². The molecule has 3 heteroatoms. The van der Waals surface area contributed by atoms with Gasteiger partial charge in [-0.2, -0.15) is 0 Å². The molecule has 2 aromatic heterocycles. The molecular formula is C11H7NSSe. The maximum atomic E-state index is 4.65. The summed E-state index contributed by atoms with van der Waals surface area (Å²) >= 11 is 2.18. The van der Waals surface area contributed by atoms with E-state index < -0.39 is 0 Å². The van der Waals surface area contributed by atoms with Gasteiger partial charge in [-0.3, -0.25) is 0 Å². The van der Waals surface area contributed by atoms with Gasteiger partial charge in [0.2, 0.25) is 0 Å². The van der Waals surface area contributed by atoms with Crippen LogP contribution in [0.2, 0.25) is 0 Å². The molecule has 0 N–H and O–H groups in total. The molecule has 0 spiro atoms. The van der Waals surface area contributed by atoms with Crippen molar-refractivity contribution in [2.45, 2.75) is 0 Å². The van der Waals surface area contributed by atoms with Gasteiger partial charge >= 0.3 is 91.8 Å². The summed E-state index contributed by atoms with van der Waals surface area (Å²) in [5.41, 5.74) is 1.16. The molecule has 1 nitrogen and oxygen atoms in total. The normalized spacial score (nSPS) is 10.9. The first-order chi connectivity index (χ1) is 6.93. The average molecular weight is 264 g/mol. The standard InChI is InChI=1S/C11H7NSSe/c1-2-6-10-8(4-1)12-11(14-10)9-5-3-7-13-9/h1-7H. The van der Waals surface area contributed by atoms with Gasteiger partial charge in [0.05, 0.1) is 0 Å². The van der Waals surface area contributed by atoms with Gasteiger partial charge in [0.1, 0.15) is 0 Å². The summed E-state index contributed by atoms with van der Waals surface area (Å²) < 4.78 is 2.68. The Morgan fingerprint density at radius 1 is 1.07 bits per heavy atom. The Morgan fingerprint density at radius 2 is 2.00 bits per heavy atom. The van der Waals surface area contributed by atoms with Crippen molar-refractivity contribution < 1.29 is 0 Å². The summed E-state index contributed by atoms with van der Waals surface area (Å²) in [4.78, 5) is 5.97. The second kappa shape index (κ2) is 3.35. The Balaban J connectivity index is 2.24. The minimum atomic E-state index is 0.404. The van der Waals surface area contributed by atoms with Gasteiger partial charge in [-0.1, -0.05) is 0 Å². The summed E-state index contributed by atoms with van der Waals surface area (Å²) in [7, 11) is 0. The number of hydrogen-bond donors (Lipinski definition) is 0. The number of rotatable bonds is 1. The van der Waals surface area contributed by atoms with E-state index in [2.05, 4.69) is 46.8 Å². The molecule has 0 unspecified atom stereocenters. The van der Waals surface area contributed by atoms with Crippen LogP contribution in [0.4, 0.5) is 0 Å². The first-order valence-corrected chi connectivity index (χ1v) is 6.92. The van der Waals surface area contributed by atoms with Crippen LogP contribution in [0, 0.1) is 0 Å². The first-order valence-electron chi connectivity index (χ1n) is 4.33. The van der Waals surface area contributed by atoms with Crippen molar-refractivity contribution >= 4 is 35.6 Å². The third-order valence-corrected chi connectivity index (χ3v) is 5.44. The molecule has 0 bridgehead atoms. The molecule has 68 valence electrons. The molecule has 0 amide bonds. The van der Waals surface area contributed by atoms with E-state index >= 15 is 0 Å². The second-order valence-electron chi connectivity index (χ2n) is 2.96. The van der Waals surface area contributed by atoms with Gasteiger partial charge in [0.25, 0.3) is 0 Å². The Bertz CT molecular complexity index is 520. The van der Waals surface area contributed by atoms with Gasteiger partial charge in [-0.15, -0.1) is 0 Å². The number of benzene rings is 1. The van der Waals surface area contributed by atoms with Crippen molar-refractivity contribution in [3.63, 3.8) is 0 Å². The van der Waals surface area contributed by atoms with Crippen molar-refractivity contribution in [2.75, 3.05) is 0 Å². The van der Waals surface area contributed by atoms with E-state index in [0.29, 0.717) is 14.5 Å². The molecule has 0 saturated heterocycles. The van der Waals surface area contributed by atoms with E-state index in [1.54, 1.807) is 11.3 Å². The van der Waals surface area contributed by atoms with Gasteiger partial charge < -0.3 is 0 Å². The molecule has 2 heterocycles. The molecule has 0 radical (unpaired) electrons. The monoisotopic (exact) mass is 265 g/mol. The first kappa shape index (κ1) is 8.42. The molecule has 3 aromatic rings. The van der Waals surface area contributed by atoms with Crippen LogP contribution in [0.15, 0.2) is 41.8 Å². The third kappa shape index (κ3) is 1.34. The number of para-hydroxylation sites is 1. The Hall–Kier alpha value is -0.891. The molecule has 3 rings (SSSR count). The fraction of sp³-hybridized carbons (Fsp3) is 0. The molecule has 0 aliphatic heterocycles. The molecule has 0 aliphatic carbocycles. The number of fused-ring (bicyclic) bond motifs is 1. The summed E-state index contributed by atoms with van der Waals surface area (Å²) in [6.07, 6.45) is 0. The number of nitrogens with zero attached hydrogens (tertiary/aromatic N) is 1. The van der Waals surface area contributed by atoms with Crippen LogP contribution in [0.5, 0.6) is 0 Å². The quantitative estimate of drug-likeness (QED) is 0.616. The van der Waals surface area contributed by atoms with Crippen LogP contribution in [0.1, 0.15) is 0 Å². The summed E-state index contributed by atoms with van der Waals surface area (Å²) in [6, 6.07) is 12.7. The second-order valence-corrected chi connectivity index (χ2v) is 6.07. The van der Waals surface area contributed by atoms with Gasteiger partial charge in [-0.05, 0) is 0 Å². The van der Waals surface area contributed by atoms with Crippen molar-refractivity contribution in [3.05, 3.63) is 41.8 Å². The summed E-state index contributed by atoms with van der Waals surface area (Å²) in [6.45, 7) is 0. The number of hydrogen-bond acceptors (Lipinski definition) is 2. The minimum absolute atomic E-state index is 0.404. The molecule has 0 fully saturated rings. The fourth-order valence-electron chi connectivity index (χ4n) is 1.38. The van der Waals surface area contributed by atoms with Crippen molar-refractivity contribution in [1.29, 1.82) is 0 Å².